The molecule has 1 unspecified atom stereocenters. The summed E-state index contributed by atoms with van der Waals surface area (Å²) in [6, 6.07) is 15.0. The zero-order valence-corrected chi connectivity index (χ0v) is 16.4. The van der Waals surface area contributed by atoms with Crippen molar-refractivity contribution in [3.8, 4) is 5.69 Å². The maximum Gasteiger partial charge on any atom is 0.265 e. The van der Waals surface area contributed by atoms with Crippen LogP contribution in [-0.2, 0) is 0 Å². The summed E-state index contributed by atoms with van der Waals surface area (Å²) in [4.78, 5) is 34.3. The molecule has 1 atom stereocenters. The number of amides is 1. The number of aromatic nitrogens is 2. The molecule has 0 spiro atoms. The van der Waals surface area contributed by atoms with Gasteiger partial charge < -0.3 is 9.80 Å². The van der Waals surface area contributed by atoms with Crippen LogP contribution in [0.25, 0.3) is 16.6 Å². The summed E-state index contributed by atoms with van der Waals surface area (Å²) in [5, 5.41) is 0.583. The molecule has 1 fully saturated rings. The minimum Gasteiger partial charge on any atom is -0.337 e. The van der Waals surface area contributed by atoms with Crippen molar-refractivity contribution in [3.63, 3.8) is 0 Å². The summed E-state index contributed by atoms with van der Waals surface area (Å²) >= 11 is 0. The highest BCUT2D eigenvalue weighted by Crippen LogP contribution is 2.18. The van der Waals surface area contributed by atoms with Gasteiger partial charge >= 0.3 is 0 Å². The summed E-state index contributed by atoms with van der Waals surface area (Å²) in [5.74, 6) is 0.660. The van der Waals surface area contributed by atoms with Gasteiger partial charge in [-0.25, -0.2) is 4.98 Å². The number of carbonyl (C=O) groups is 1. The highest BCUT2D eigenvalue weighted by atomic mass is 16.2. The first kappa shape index (κ1) is 18.4. The van der Waals surface area contributed by atoms with Gasteiger partial charge in [-0.1, -0.05) is 12.1 Å². The van der Waals surface area contributed by atoms with Crippen LogP contribution in [0.15, 0.2) is 53.3 Å². The summed E-state index contributed by atoms with van der Waals surface area (Å²) in [7, 11) is 4.09. The van der Waals surface area contributed by atoms with Crippen LogP contribution in [0.2, 0.25) is 0 Å². The van der Waals surface area contributed by atoms with E-state index in [0.717, 1.165) is 19.5 Å². The molecule has 4 rings (SSSR count). The molecule has 1 aliphatic heterocycles. The predicted octanol–water partition coefficient (Wildman–Crippen LogP) is 2.47. The van der Waals surface area contributed by atoms with Crippen LogP contribution in [-0.4, -0.2) is 58.5 Å². The van der Waals surface area contributed by atoms with E-state index in [-0.39, 0.29) is 11.5 Å². The number of hydrogen-bond donors (Lipinski definition) is 0. The van der Waals surface area contributed by atoms with E-state index < -0.39 is 0 Å². The Kier molecular flexibility index (Phi) is 4.73. The van der Waals surface area contributed by atoms with Crippen molar-refractivity contribution in [1.29, 1.82) is 0 Å². The minimum absolute atomic E-state index is 0.0385. The molecule has 1 amide bonds. The van der Waals surface area contributed by atoms with Crippen LogP contribution in [0.5, 0.6) is 0 Å². The number of para-hydroxylation sites is 1. The van der Waals surface area contributed by atoms with E-state index >= 15 is 0 Å². The van der Waals surface area contributed by atoms with Gasteiger partial charge in [0, 0.05) is 24.7 Å². The fraction of sp³-hybridized carbons (Fsp3) is 0.318. The maximum absolute atomic E-state index is 12.9. The van der Waals surface area contributed by atoms with Gasteiger partial charge in [0.2, 0.25) is 0 Å². The Hall–Kier alpha value is -2.99. The summed E-state index contributed by atoms with van der Waals surface area (Å²) < 4.78 is 1.59. The van der Waals surface area contributed by atoms with E-state index in [1.54, 1.807) is 22.8 Å². The molecule has 0 radical (unpaired) electrons. The van der Waals surface area contributed by atoms with Crippen molar-refractivity contribution in [1.82, 2.24) is 19.4 Å². The van der Waals surface area contributed by atoms with E-state index in [4.69, 9.17) is 0 Å². The highest BCUT2D eigenvalue weighted by molar-refractivity contribution is 5.94. The van der Waals surface area contributed by atoms with Crippen molar-refractivity contribution in [3.05, 3.63) is 70.3 Å². The number of benzene rings is 2. The molecule has 0 bridgehead atoms. The molecule has 1 saturated heterocycles. The quantitative estimate of drug-likeness (QED) is 0.705. The Morgan fingerprint density at radius 2 is 1.82 bits per heavy atom. The standard InChI is InChI=1S/C22H24N4O2/c1-15-23-20-7-5-4-6-19(20)22(28)26(15)17-10-8-16(9-11-17)21(27)25-13-12-18(14-25)24(2)3/h4-11,18H,12-14H2,1-3H3. The average molecular weight is 376 g/mol. The third-order valence-electron chi connectivity index (χ3n) is 5.50. The first-order chi connectivity index (χ1) is 13.5. The van der Waals surface area contributed by atoms with Gasteiger partial charge in [0.25, 0.3) is 11.5 Å². The van der Waals surface area contributed by atoms with Crippen LogP contribution in [0.4, 0.5) is 0 Å². The molecule has 0 N–H and O–H groups in total. The molecule has 144 valence electrons. The zero-order valence-electron chi connectivity index (χ0n) is 16.4. The molecule has 2 heterocycles. The second kappa shape index (κ2) is 7.20. The highest BCUT2D eigenvalue weighted by Gasteiger charge is 2.28. The number of likely N-dealkylation sites (N-methyl/N-ethyl adjacent to an activating group) is 1. The number of nitrogens with zero attached hydrogens (tertiary/aromatic N) is 4. The lowest BCUT2D eigenvalue weighted by Crippen LogP contribution is -2.34. The SMILES string of the molecule is Cc1nc2ccccc2c(=O)n1-c1ccc(C(=O)N2CCC(N(C)C)C2)cc1. The second-order valence-electron chi connectivity index (χ2n) is 7.52. The largest absolute Gasteiger partial charge is 0.337 e. The lowest BCUT2D eigenvalue weighted by molar-refractivity contribution is 0.0783. The molecular formula is C22H24N4O2. The van der Waals surface area contributed by atoms with Crippen molar-refractivity contribution < 1.29 is 4.79 Å². The van der Waals surface area contributed by atoms with Crippen LogP contribution < -0.4 is 5.56 Å². The van der Waals surface area contributed by atoms with Gasteiger partial charge in [0.05, 0.1) is 16.6 Å². The van der Waals surface area contributed by atoms with E-state index in [1.165, 1.54) is 0 Å². The van der Waals surface area contributed by atoms with Crippen LogP contribution in [0.1, 0.15) is 22.6 Å². The summed E-state index contributed by atoms with van der Waals surface area (Å²) in [6.45, 7) is 3.34. The van der Waals surface area contributed by atoms with Gasteiger partial charge in [-0.3, -0.25) is 14.2 Å². The van der Waals surface area contributed by atoms with Crippen molar-refractivity contribution in [2.24, 2.45) is 0 Å². The van der Waals surface area contributed by atoms with E-state index in [2.05, 4.69) is 9.88 Å². The predicted molar refractivity (Wildman–Crippen MR) is 110 cm³/mol. The first-order valence-electron chi connectivity index (χ1n) is 9.50. The summed E-state index contributed by atoms with van der Waals surface area (Å²) in [6.07, 6.45) is 0.994. The smallest absolute Gasteiger partial charge is 0.265 e. The van der Waals surface area contributed by atoms with Crippen LogP contribution >= 0.6 is 0 Å². The molecule has 6 heteroatoms. The van der Waals surface area contributed by atoms with Crippen molar-refractivity contribution >= 4 is 16.8 Å². The molecule has 1 aliphatic rings. The monoisotopic (exact) mass is 376 g/mol. The number of fused-ring (bicyclic) bond motifs is 1. The third kappa shape index (κ3) is 3.20. The van der Waals surface area contributed by atoms with Crippen LogP contribution in [0.3, 0.4) is 0 Å². The minimum atomic E-state index is -0.101. The van der Waals surface area contributed by atoms with E-state index in [9.17, 15) is 9.59 Å². The molecule has 6 nitrogen and oxygen atoms in total. The van der Waals surface area contributed by atoms with E-state index in [1.807, 2.05) is 56.3 Å². The maximum atomic E-state index is 12.9. The first-order valence-corrected chi connectivity index (χ1v) is 9.50. The fourth-order valence-corrected chi connectivity index (χ4v) is 3.83. The lowest BCUT2D eigenvalue weighted by Gasteiger charge is -2.20. The van der Waals surface area contributed by atoms with Gasteiger partial charge in [0.15, 0.2) is 0 Å². The number of aryl methyl sites for hydroxylation is 1. The van der Waals surface area contributed by atoms with Gasteiger partial charge in [-0.15, -0.1) is 0 Å². The van der Waals surface area contributed by atoms with Crippen LogP contribution in [0, 0.1) is 6.92 Å². The Morgan fingerprint density at radius 1 is 1.11 bits per heavy atom. The molecular weight excluding hydrogens is 352 g/mol. The molecule has 2 aromatic carbocycles. The Balaban J connectivity index is 1.63. The summed E-state index contributed by atoms with van der Waals surface area (Å²) in [5.41, 5.74) is 1.94. The normalized spacial score (nSPS) is 16.9. The fourth-order valence-electron chi connectivity index (χ4n) is 3.83. The van der Waals surface area contributed by atoms with Crippen molar-refractivity contribution in [2.45, 2.75) is 19.4 Å². The van der Waals surface area contributed by atoms with Gasteiger partial charge in [0.1, 0.15) is 5.82 Å². The molecule has 0 saturated carbocycles. The molecule has 28 heavy (non-hydrogen) atoms. The van der Waals surface area contributed by atoms with Gasteiger partial charge in [-0.05, 0) is 63.8 Å². The van der Waals surface area contributed by atoms with E-state index in [0.29, 0.717) is 34.0 Å². The Labute approximate surface area is 164 Å². The number of carbonyl (C=O) groups excluding carboxylic acids is 1. The third-order valence-corrected chi connectivity index (χ3v) is 5.50. The van der Waals surface area contributed by atoms with Gasteiger partial charge in [-0.2, -0.15) is 0 Å². The number of hydrogen-bond acceptors (Lipinski definition) is 4. The van der Waals surface area contributed by atoms with Crippen molar-refractivity contribution in [2.75, 3.05) is 27.2 Å². The number of rotatable bonds is 3. The average Bonchev–Trinajstić information content (AvgIpc) is 3.18. The lowest BCUT2D eigenvalue weighted by atomic mass is 10.1. The Morgan fingerprint density at radius 3 is 2.50 bits per heavy atom. The Bertz CT molecular complexity index is 1090. The second-order valence-corrected chi connectivity index (χ2v) is 7.52. The zero-order chi connectivity index (χ0) is 19.8. The molecule has 0 aliphatic carbocycles. The topological polar surface area (TPSA) is 58.4 Å². The molecule has 1 aromatic heterocycles. The molecule has 3 aromatic rings. The number of likely N-dealkylation sites (tertiary alicyclic amines) is 1.